The number of hydrogen-bond donors (Lipinski definition) is 1. The molecule has 0 aromatic heterocycles. The molecular weight excluding hydrogens is 607 g/mol. The molecule has 2 aromatic rings. The smallest absolute Gasteiger partial charge is 0.410 e. The molecule has 0 atom stereocenters. The van der Waals surface area contributed by atoms with Gasteiger partial charge in [0.25, 0.3) is 0 Å². The van der Waals surface area contributed by atoms with Gasteiger partial charge < -0.3 is 24.8 Å². The van der Waals surface area contributed by atoms with E-state index in [1.54, 1.807) is 4.90 Å². The van der Waals surface area contributed by atoms with Crippen molar-refractivity contribution < 1.29 is 9.53 Å². The summed E-state index contributed by atoms with van der Waals surface area (Å²) in [4.78, 5) is 23.6. The second-order valence-electron chi connectivity index (χ2n) is 13.7. The second-order valence-corrected chi connectivity index (χ2v) is 14.5. The molecule has 0 unspecified atom stereocenters. The van der Waals surface area contributed by atoms with Gasteiger partial charge in [-0.25, -0.2) is 4.79 Å². The zero-order valence-electron chi connectivity index (χ0n) is 27.5. The third-order valence-electron chi connectivity index (χ3n) is 9.04. The first-order valence-electron chi connectivity index (χ1n) is 16.8. The molecule has 4 heterocycles. The summed E-state index contributed by atoms with van der Waals surface area (Å²) in [6.07, 6.45) is 4.92. The fraction of sp³-hybridized carbons (Fsp3) is 0.629. The van der Waals surface area contributed by atoms with Crippen LogP contribution < -0.4 is 15.1 Å². The van der Waals surface area contributed by atoms with Gasteiger partial charge in [0.2, 0.25) is 0 Å². The first kappa shape index (κ1) is 34.1. The van der Waals surface area contributed by atoms with Gasteiger partial charge in [0.05, 0.1) is 0 Å². The Morgan fingerprint density at radius 2 is 1.13 bits per heavy atom. The van der Waals surface area contributed by atoms with Gasteiger partial charge in [0, 0.05) is 113 Å². The summed E-state index contributed by atoms with van der Waals surface area (Å²) in [5.41, 5.74) is 4.48. The lowest BCUT2D eigenvalue weighted by Crippen LogP contribution is -2.49. The van der Waals surface area contributed by atoms with E-state index in [4.69, 9.17) is 27.9 Å². The van der Waals surface area contributed by atoms with Crippen molar-refractivity contribution in [2.24, 2.45) is 0 Å². The van der Waals surface area contributed by atoms with Crippen LogP contribution >= 0.6 is 23.2 Å². The number of nitrogens with zero attached hydrogens (tertiary/aromatic N) is 5. The first-order valence-corrected chi connectivity index (χ1v) is 17.6. The number of amides is 1. The van der Waals surface area contributed by atoms with Gasteiger partial charge in [0.1, 0.15) is 5.60 Å². The number of piperazine rings is 2. The van der Waals surface area contributed by atoms with Crippen LogP contribution in [-0.2, 0) is 17.8 Å². The molecule has 0 bridgehead atoms. The van der Waals surface area contributed by atoms with Crippen LogP contribution in [0.2, 0.25) is 10.0 Å². The minimum Gasteiger partial charge on any atom is -0.444 e. The first-order chi connectivity index (χ1) is 21.6. The number of nitrogens with one attached hydrogen (secondary N) is 1. The lowest BCUT2D eigenvalue weighted by atomic mass is 10.1. The van der Waals surface area contributed by atoms with Crippen LogP contribution in [0.25, 0.3) is 0 Å². The normalized spacial score (nSPS) is 19.9. The third kappa shape index (κ3) is 10.1. The fourth-order valence-corrected chi connectivity index (χ4v) is 6.91. The van der Waals surface area contributed by atoms with E-state index in [9.17, 15) is 4.79 Å². The van der Waals surface area contributed by atoms with Crippen LogP contribution in [0.4, 0.5) is 16.2 Å². The standard InChI is InChI=1S/C20H30ClN3O2.C15H22ClN3/c1-20(2,3)26-19(25)24-12-10-22(11-13-24)15-16-6-7-17(14-18(16)21)23-8-4-5-9-23;16-15-11-14(19-7-1-2-8-19)4-3-13(15)12-18-9-5-17-6-10-18/h6-7,14H,4-5,8-13,15H2,1-3H3;3-4,11,17H,1-2,5-10,12H2. The monoisotopic (exact) mass is 658 g/mol. The lowest BCUT2D eigenvalue weighted by molar-refractivity contribution is 0.0139. The predicted octanol–water partition coefficient (Wildman–Crippen LogP) is 6.34. The Labute approximate surface area is 280 Å². The Hall–Kier alpha value is -2.23. The van der Waals surface area contributed by atoms with Gasteiger partial charge in [0.15, 0.2) is 0 Å². The Kier molecular flexibility index (Phi) is 12.2. The third-order valence-corrected chi connectivity index (χ3v) is 9.74. The summed E-state index contributed by atoms with van der Waals surface area (Å²) < 4.78 is 5.45. The summed E-state index contributed by atoms with van der Waals surface area (Å²) in [6.45, 7) is 19.6. The van der Waals surface area contributed by atoms with Crippen molar-refractivity contribution in [2.75, 3.05) is 88.3 Å². The molecule has 4 fully saturated rings. The Bertz CT molecular complexity index is 1250. The summed E-state index contributed by atoms with van der Waals surface area (Å²) >= 11 is 13.0. The molecule has 0 radical (unpaired) electrons. The van der Waals surface area contributed by atoms with Gasteiger partial charge in [-0.1, -0.05) is 35.3 Å². The molecule has 2 aromatic carbocycles. The SMILES string of the molecule is CC(C)(C)OC(=O)N1CCN(Cc2ccc(N3CCCC3)cc2Cl)CC1.Clc1cc(N2CCCC2)ccc1CN1CCNCC1. The molecule has 0 saturated carbocycles. The summed E-state index contributed by atoms with van der Waals surface area (Å²) in [5, 5.41) is 5.14. The van der Waals surface area contributed by atoms with Crippen molar-refractivity contribution in [3.8, 4) is 0 Å². The fourth-order valence-electron chi connectivity index (χ4n) is 6.44. The maximum atomic E-state index is 12.2. The predicted molar refractivity (Wildman–Crippen MR) is 187 cm³/mol. The number of benzene rings is 2. The highest BCUT2D eigenvalue weighted by molar-refractivity contribution is 6.32. The van der Waals surface area contributed by atoms with Crippen LogP contribution in [0, 0.1) is 0 Å². The highest BCUT2D eigenvalue weighted by Crippen LogP contribution is 2.29. The van der Waals surface area contributed by atoms with Crippen LogP contribution in [0.3, 0.4) is 0 Å². The number of hydrogen-bond acceptors (Lipinski definition) is 7. The second kappa shape index (κ2) is 16.1. The Balaban J connectivity index is 0.000000186. The maximum absolute atomic E-state index is 12.2. The highest BCUT2D eigenvalue weighted by Gasteiger charge is 2.26. The van der Waals surface area contributed by atoms with E-state index in [1.165, 1.54) is 55.7 Å². The molecule has 45 heavy (non-hydrogen) atoms. The molecule has 4 aliphatic heterocycles. The molecule has 1 amide bonds. The molecule has 1 N–H and O–H groups in total. The van der Waals surface area contributed by atoms with Gasteiger partial charge >= 0.3 is 6.09 Å². The molecular formula is C35H52Cl2N6O2. The zero-order chi connectivity index (χ0) is 31.8. The van der Waals surface area contributed by atoms with E-state index in [2.05, 4.69) is 61.3 Å². The quantitative estimate of drug-likeness (QED) is 0.389. The number of rotatable bonds is 6. The van der Waals surface area contributed by atoms with Crippen molar-refractivity contribution in [2.45, 2.75) is 65.1 Å². The molecule has 8 nitrogen and oxygen atoms in total. The van der Waals surface area contributed by atoms with Gasteiger partial charge in [-0.15, -0.1) is 0 Å². The van der Waals surface area contributed by atoms with Crippen LogP contribution in [-0.4, -0.2) is 105 Å². The molecule has 4 aliphatic rings. The van der Waals surface area contributed by atoms with E-state index in [0.717, 1.165) is 81.1 Å². The minimum atomic E-state index is -0.446. The topological polar surface area (TPSA) is 54.5 Å². The maximum Gasteiger partial charge on any atom is 0.410 e. The number of halogens is 2. The molecule has 0 spiro atoms. The van der Waals surface area contributed by atoms with E-state index < -0.39 is 5.60 Å². The summed E-state index contributed by atoms with van der Waals surface area (Å²) in [7, 11) is 0. The van der Waals surface area contributed by atoms with E-state index in [-0.39, 0.29) is 6.09 Å². The van der Waals surface area contributed by atoms with Gasteiger partial charge in [-0.05, 0) is 81.8 Å². The van der Waals surface area contributed by atoms with Crippen molar-refractivity contribution in [1.82, 2.24) is 20.0 Å². The number of anilines is 2. The van der Waals surface area contributed by atoms with Crippen molar-refractivity contribution in [3.05, 3.63) is 57.6 Å². The molecule has 0 aliphatic carbocycles. The van der Waals surface area contributed by atoms with E-state index in [0.29, 0.717) is 13.1 Å². The van der Waals surface area contributed by atoms with Gasteiger partial charge in [-0.2, -0.15) is 0 Å². The minimum absolute atomic E-state index is 0.217. The molecule has 6 rings (SSSR count). The summed E-state index contributed by atoms with van der Waals surface area (Å²) in [5.74, 6) is 0. The van der Waals surface area contributed by atoms with E-state index >= 15 is 0 Å². The number of ether oxygens (including phenoxy) is 1. The van der Waals surface area contributed by atoms with Crippen molar-refractivity contribution >= 4 is 40.7 Å². The lowest BCUT2D eigenvalue weighted by Gasteiger charge is -2.35. The molecule has 4 saturated heterocycles. The van der Waals surface area contributed by atoms with E-state index in [1.807, 2.05) is 20.8 Å². The van der Waals surface area contributed by atoms with Crippen molar-refractivity contribution in [3.63, 3.8) is 0 Å². The molecule has 248 valence electrons. The van der Waals surface area contributed by atoms with Crippen LogP contribution in [0.5, 0.6) is 0 Å². The Morgan fingerprint density at radius 1 is 0.689 bits per heavy atom. The van der Waals surface area contributed by atoms with Crippen molar-refractivity contribution in [1.29, 1.82) is 0 Å². The zero-order valence-corrected chi connectivity index (χ0v) is 29.0. The van der Waals surface area contributed by atoms with Crippen LogP contribution in [0.15, 0.2) is 36.4 Å². The Morgan fingerprint density at radius 3 is 1.56 bits per heavy atom. The van der Waals surface area contributed by atoms with Crippen LogP contribution in [0.1, 0.15) is 57.6 Å². The number of carbonyl (C=O) groups is 1. The van der Waals surface area contributed by atoms with Gasteiger partial charge in [-0.3, -0.25) is 9.80 Å². The average Bonchev–Trinajstić information content (AvgIpc) is 3.75. The number of carbonyl (C=O) groups excluding carboxylic acids is 1. The summed E-state index contributed by atoms with van der Waals surface area (Å²) in [6, 6.07) is 13.0. The average molecular weight is 660 g/mol. The largest absolute Gasteiger partial charge is 0.444 e. The highest BCUT2D eigenvalue weighted by atomic mass is 35.5. The molecule has 10 heteroatoms.